The molecule has 0 aliphatic carbocycles. The number of rotatable bonds is 4. The Bertz CT molecular complexity index is 666. The van der Waals surface area contributed by atoms with Gasteiger partial charge in [-0.1, -0.05) is 0 Å². The molecule has 0 radical (unpaired) electrons. The summed E-state index contributed by atoms with van der Waals surface area (Å²) in [7, 11) is 0. The first kappa shape index (κ1) is 22.3. The molecule has 0 spiro atoms. The molecule has 0 saturated carbocycles. The number of anilines is 4. The topological polar surface area (TPSA) is 13.0 Å². The lowest BCUT2D eigenvalue weighted by atomic mass is 10.2. The van der Waals surface area contributed by atoms with Gasteiger partial charge in [-0.25, -0.2) is 0 Å². The normalized spacial score (nSPS) is 17.0. The molecule has 3 rings (SSSR count). The van der Waals surface area contributed by atoms with Crippen LogP contribution in [0.1, 0.15) is 47.0 Å². The molecule has 2 aromatic heterocycles. The van der Waals surface area contributed by atoms with E-state index in [-0.39, 0.29) is 0 Å². The predicted molar refractivity (Wildman–Crippen MR) is 134 cm³/mol. The molecule has 1 aliphatic rings. The van der Waals surface area contributed by atoms with E-state index in [1.165, 1.54) is 42.0 Å². The molecule has 0 aromatic carbocycles. The fraction of sp³-hybridized carbons (Fsp3) is 0.652. The van der Waals surface area contributed by atoms with E-state index in [1.54, 1.807) is 0 Å². The van der Waals surface area contributed by atoms with Crippen LogP contribution in [0.5, 0.6) is 0 Å². The van der Waals surface area contributed by atoms with Crippen molar-refractivity contribution in [3.05, 3.63) is 21.5 Å². The van der Waals surface area contributed by atoms with Crippen LogP contribution in [0, 0.1) is 0 Å². The third kappa shape index (κ3) is 5.21. The van der Waals surface area contributed by atoms with Gasteiger partial charge in [0.15, 0.2) is 0 Å². The number of nitrogens with zero attached hydrogens (tertiary/aromatic N) is 4. The molecule has 6 heteroatoms. The van der Waals surface area contributed by atoms with Gasteiger partial charge in [-0.15, -0.1) is 22.7 Å². The zero-order valence-corrected chi connectivity index (χ0v) is 20.3. The summed E-state index contributed by atoms with van der Waals surface area (Å²) in [6, 6.07) is 0. The monoisotopic (exact) mass is 434 g/mol. The molecular formula is C23H38N4S2. The fourth-order valence-corrected chi connectivity index (χ4v) is 6.10. The number of hydrogen-bond donors (Lipinski definition) is 0. The van der Waals surface area contributed by atoms with Crippen molar-refractivity contribution < 1.29 is 0 Å². The Labute approximate surface area is 185 Å². The maximum absolute atomic E-state index is 2.58. The van der Waals surface area contributed by atoms with E-state index in [1.807, 2.05) is 22.7 Å². The molecule has 0 unspecified atom stereocenters. The molecule has 29 heavy (non-hydrogen) atoms. The SMILES string of the molecule is CCN1CCCCN(CC)c2cscc2N(CC)CCCN(CC)c2cscc21. The van der Waals surface area contributed by atoms with Crippen molar-refractivity contribution in [2.75, 3.05) is 72.0 Å². The smallest absolute Gasteiger partial charge is 0.0712 e. The van der Waals surface area contributed by atoms with Gasteiger partial charge in [0.2, 0.25) is 0 Å². The lowest BCUT2D eigenvalue weighted by Crippen LogP contribution is -2.32. The number of thiophene rings is 2. The van der Waals surface area contributed by atoms with Crippen LogP contribution in [0.2, 0.25) is 0 Å². The molecule has 0 amide bonds. The van der Waals surface area contributed by atoms with E-state index < -0.39 is 0 Å². The molecule has 0 atom stereocenters. The van der Waals surface area contributed by atoms with Gasteiger partial charge < -0.3 is 19.6 Å². The Hall–Kier alpha value is -1.40. The Kier molecular flexibility index (Phi) is 8.54. The Balaban J connectivity index is 1.87. The highest BCUT2D eigenvalue weighted by Gasteiger charge is 2.19. The minimum absolute atomic E-state index is 1.07. The summed E-state index contributed by atoms with van der Waals surface area (Å²) < 4.78 is 0. The third-order valence-electron chi connectivity index (χ3n) is 6.10. The van der Waals surface area contributed by atoms with Gasteiger partial charge in [-0.3, -0.25) is 0 Å². The van der Waals surface area contributed by atoms with Gasteiger partial charge in [0.25, 0.3) is 0 Å². The lowest BCUT2D eigenvalue weighted by Gasteiger charge is -2.30. The molecule has 3 heterocycles. The lowest BCUT2D eigenvalue weighted by molar-refractivity contribution is 0.674. The highest BCUT2D eigenvalue weighted by Crippen LogP contribution is 2.36. The van der Waals surface area contributed by atoms with Crippen LogP contribution < -0.4 is 19.6 Å². The second-order valence-electron chi connectivity index (χ2n) is 7.66. The minimum Gasteiger partial charge on any atom is -0.369 e. The van der Waals surface area contributed by atoms with Crippen LogP contribution in [-0.4, -0.2) is 52.4 Å². The standard InChI is InChI=1S/C23H38N4S2/c1-5-24-12-9-10-13-25(6-2)21-17-29-19-23(21)27(8-4)15-11-14-26(7-3)22-18-28-16-20(22)24/h16-19H,5-15H2,1-4H3. The largest absolute Gasteiger partial charge is 0.369 e. The summed E-state index contributed by atoms with van der Waals surface area (Å²) in [4.78, 5) is 10.3. The fourth-order valence-electron chi connectivity index (χ4n) is 4.37. The number of fused-ring (bicyclic) bond motifs is 2. The van der Waals surface area contributed by atoms with Crippen molar-refractivity contribution in [2.24, 2.45) is 0 Å². The molecule has 4 nitrogen and oxygen atoms in total. The van der Waals surface area contributed by atoms with Gasteiger partial charge in [0.1, 0.15) is 0 Å². The average molecular weight is 435 g/mol. The van der Waals surface area contributed by atoms with Crippen LogP contribution in [0.25, 0.3) is 0 Å². The summed E-state index contributed by atoms with van der Waals surface area (Å²) in [6.45, 7) is 18.0. The Morgan fingerprint density at radius 2 is 0.793 bits per heavy atom. The first-order valence-corrected chi connectivity index (χ1v) is 13.2. The Morgan fingerprint density at radius 3 is 1.07 bits per heavy atom. The van der Waals surface area contributed by atoms with Crippen molar-refractivity contribution >= 4 is 45.4 Å². The van der Waals surface area contributed by atoms with Gasteiger partial charge in [0, 0.05) is 73.9 Å². The zero-order valence-electron chi connectivity index (χ0n) is 18.7. The molecule has 162 valence electrons. The summed E-state index contributed by atoms with van der Waals surface area (Å²) in [5.41, 5.74) is 5.74. The van der Waals surface area contributed by atoms with E-state index >= 15 is 0 Å². The van der Waals surface area contributed by atoms with Gasteiger partial charge in [-0.05, 0) is 47.0 Å². The average Bonchev–Trinajstić information content (AvgIpc) is 3.41. The van der Waals surface area contributed by atoms with Crippen molar-refractivity contribution in [2.45, 2.75) is 47.0 Å². The molecule has 2 aromatic rings. The van der Waals surface area contributed by atoms with Crippen molar-refractivity contribution in [1.82, 2.24) is 0 Å². The van der Waals surface area contributed by atoms with E-state index in [4.69, 9.17) is 0 Å². The van der Waals surface area contributed by atoms with Crippen LogP contribution >= 0.6 is 22.7 Å². The minimum atomic E-state index is 1.07. The van der Waals surface area contributed by atoms with Crippen LogP contribution in [0.3, 0.4) is 0 Å². The molecular weight excluding hydrogens is 396 g/mol. The molecule has 1 aliphatic heterocycles. The molecule has 0 bridgehead atoms. The zero-order chi connectivity index (χ0) is 20.6. The van der Waals surface area contributed by atoms with Crippen LogP contribution in [0.4, 0.5) is 22.7 Å². The third-order valence-corrected chi connectivity index (χ3v) is 7.53. The van der Waals surface area contributed by atoms with Gasteiger partial charge >= 0.3 is 0 Å². The highest BCUT2D eigenvalue weighted by molar-refractivity contribution is 7.09. The Morgan fingerprint density at radius 1 is 0.517 bits per heavy atom. The van der Waals surface area contributed by atoms with Gasteiger partial charge in [0.05, 0.1) is 22.7 Å². The van der Waals surface area contributed by atoms with E-state index in [9.17, 15) is 0 Å². The second kappa shape index (κ2) is 11.1. The van der Waals surface area contributed by atoms with E-state index in [0.29, 0.717) is 0 Å². The summed E-state index contributed by atoms with van der Waals surface area (Å²) in [5.74, 6) is 0. The molecule has 0 saturated heterocycles. The van der Waals surface area contributed by atoms with E-state index in [0.717, 1.165) is 52.4 Å². The van der Waals surface area contributed by atoms with Crippen LogP contribution in [0.15, 0.2) is 21.5 Å². The van der Waals surface area contributed by atoms with Gasteiger partial charge in [-0.2, -0.15) is 0 Å². The first-order valence-electron chi connectivity index (χ1n) is 11.4. The van der Waals surface area contributed by atoms with Crippen molar-refractivity contribution in [1.29, 1.82) is 0 Å². The molecule has 0 N–H and O–H groups in total. The second-order valence-corrected chi connectivity index (χ2v) is 9.15. The maximum atomic E-state index is 2.58. The van der Waals surface area contributed by atoms with Crippen LogP contribution in [-0.2, 0) is 0 Å². The summed E-state index contributed by atoms with van der Waals surface area (Å²) in [5, 5.41) is 9.42. The summed E-state index contributed by atoms with van der Waals surface area (Å²) in [6.07, 6.45) is 3.66. The van der Waals surface area contributed by atoms with Crippen molar-refractivity contribution in [3.8, 4) is 0 Å². The summed E-state index contributed by atoms with van der Waals surface area (Å²) >= 11 is 3.70. The predicted octanol–water partition coefficient (Wildman–Crippen LogP) is 6.00. The molecule has 0 fully saturated rings. The number of hydrogen-bond acceptors (Lipinski definition) is 6. The highest BCUT2D eigenvalue weighted by atomic mass is 32.1. The maximum Gasteiger partial charge on any atom is 0.0712 e. The quantitative estimate of drug-likeness (QED) is 0.585. The van der Waals surface area contributed by atoms with E-state index in [2.05, 4.69) is 68.8 Å². The first-order chi connectivity index (χ1) is 14.2. The van der Waals surface area contributed by atoms with Crippen molar-refractivity contribution in [3.63, 3.8) is 0 Å².